The molecule has 0 aromatic heterocycles. The largest absolute Gasteiger partial charge is 0.411 e. The molecule has 0 spiro atoms. The van der Waals surface area contributed by atoms with Crippen LogP contribution in [0.15, 0.2) is 5.16 Å². The highest BCUT2D eigenvalue weighted by Crippen LogP contribution is 2.69. The second-order valence-electron chi connectivity index (χ2n) is 12.5. The van der Waals surface area contributed by atoms with E-state index in [1.54, 1.807) is 0 Å². The minimum atomic E-state index is -1.36. The molecule has 0 amide bonds. The maximum absolute atomic E-state index is 12.6. The van der Waals surface area contributed by atoms with Gasteiger partial charge in [-0.05, 0) is 81.2 Å². The smallest absolute Gasteiger partial charge is 0.108 e. The zero-order chi connectivity index (χ0) is 22.4. The average molecular weight is 471 g/mol. The van der Waals surface area contributed by atoms with Crippen LogP contribution in [0.4, 0.5) is 0 Å². The first-order valence-corrected chi connectivity index (χ1v) is 12.6. The van der Waals surface area contributed by atoms with Crippen LogP contribution in [-0.4, -0.2) is 68.1 Å². The number of halogens is 1. The molecule has 1 saturated heterocycles. The zero-order valence-corrected chi connectivity index (χ0v) is 20.9. The molecule has 5 fully saturated rings. The summed E-state index contributed by atoms with van der Waals surface area (Å²) in [4.78, 5) is 2.44. The summed E-state index contributed by atoms with van der Waals surface area (Å²) < 4.78 is 0. The Morgan fingerprint density at radius 1 is 0.938 bits per heavy atom. The number of nitrogens with zero attached hydrogens (tertiary/aromatic N) is 2. The molecule has 4 unspecified atom stereocenters. The van der Waals surface area contributed by atoms with Gasteiger partial charge in [-0.2, -0.15) is 0 Å². The third kappa shape index (κ3) is 2.76. The highest BCUT2D eigenvalue weighted by atomic mass is 35.5. The van der Waals surface area contributed by atoms with Crippen LogP contribution >= 0.6 is 12.4 Å². The highest BCUT2D eigenvalue weighted by Gasteiger charge is 2.75. The molecule has 0 aromatic carbocycles. The van der Waals surface area contributed by atoms with E-state index < -0.39 is 22.5 Å². The molecule has 5 rings (SSSR count). The molecular formula is C25H43ClN2O4. The summed E-state index contributed by atoms with van der Waals surface area (Å²) in [5.41, 5.74) is -2.12. The van der Waals surface area contributed by atoms with E-state index in [1.807, 2.05) is 0 Å². The number of rotatable bonds is 1. The van der Waals surface area contributed by atoms with Crippen LogP contribution < -0.4 is 0 Å². The Balaban J connectivity index is 0.00000245. The Hall–Kier alpha value is -0.400. The van der Waals surface area contributed by atoms with Gasteiger partial charge in [0.25, 0.3) is 0 Å². The van der Waals surface area contributed by atoms with Gasteiger partial charge in [-0.3, -0.25) is 4.90 Å². The van der Waals surface area contributed by atoms with Gasteiger partial charge in [0.1, 0.15) is 5.60 Å². The fourth-order valence-electron chi connectivity index (χ4n) is 9.58. The minimum absolute atomic E-state index is 0. The molecule has 1 aliphatic heterocycles. The van der Waals surface area contributed by atoms with Gasteiger partial charge in [0, 0.05) is 23.3 Å². The highest BCUT2D eigenvalue weighted by molar-refractivity contribution is 5.93. The summed E-state index contributed by atoms with van der Waals surface area (Å²) in [6.45, 7) is 10.5. The lowest BCUT2D eigenvalue weighted by Gasteiger charge is -2.70. The van der Waals surface area contributed by atoms with Gasteiger partial charge >= 0.3 is 0 Å². The summed E-state index contributed by atoms with van der Waals surface area (Å²) in [5, 5.41) is 49.1. The number of aliphatic hydroxyl groups excluding tert-OH is 2. The third-order valence-electron chi connectivity index (χ3n) is 11.4. The van der Waals surface area contributed by atoms with Gasteiger partial charge in [0.15, 0.2) is 0 Å². The Morgan fingerprint density at radius 3 is 2.22 bits per heavy atom. The van der Waals surface area contributed by atoms with Gasteiger partial charge in [-0.1, -0.05) is 32.9 Å². The van der Waals surface area contributed by atoms with E-state index in [2.05, 4.69) is 37.8 Å². The maximum Gasteiger partial charge on any atom is 0.108 e. The third-order valence-corrected chi connectivity index (χ3v) is 11.4. The monoisotopic (exact) mass is 470 g/mol. The van der Waals surface area contributed by atoms with Crippen molar-refractivity contribution < 1.29 is 20.5 Å². The number of oxime groups is 1. The molecule has 4 aliphatic carbocycles. The Labute approximate surface area is 198 Å². The van der Waals surface area contributed by atoms with Crippen molar-refractivity contribution in [2.45, 2.75) is 103 Å². The van der Waals surface area contributed by atoms with Gasteiger partial charge in [0.2, 0.25) is 0 Å². The summed E-state index contributed by atoms with van der Waals surface area (Å²) in [6.07, 6.45) is 5.99. The van der Waals surface area contributed by atoms with Crippen molar-refractivity contribution in [3.63, 3.8) is 0 Å². The fourth-order valence-corrected chi connectivity index (χ4v) is 9.58. The maximum atomic E-state index is 12.6. The van der Waals surface area contributed by atoms with E-state index in [0.29, 0.717) is 24.5 Å². The number of hydrogen-bond acceptors (Lipinski definition) is 6. The van der Waals surface area contributed by atoms with Gasteiger partial charge < -0.3 is 20.5 Å². The molecule has 0 bridgehead atoms. The first-order valence-electron chi connectivity index (χ1n) is 12.6. The molecule has 9 atom stereocenters. The van der Waals surface area contributed by atoms with Crippen LogP contribution in [-0.2, 0) is 0 Å². The summed E-state index contributed by atoms with van der Waals surface area (Å²) >= 11 is 0. The Morgan fingerprint density at radius 2 is 1.59 bits per heavy atom. The summed E-state index contributed by atoms with van der Waals surface area (Å²) in [5.74, 6) is 0.720. The van der Waals surface area contributed by atoms with Crippen LogP contribution in [0.1, 0.15) is 79.1 Å². The normalized spacial score (nSPS) is 53.9. The second-order valence-corrected chi connectivity index (χ2v) is 12.5. The molecular weight excluding hydrogens is 428 g/mol. The minimum Gasteiger partial charge on any atom is -0.411 e. The van der Waals surface area contributed by atoms with E-state index in [9.17, 15) is 20.5 Å². The molecule has 7 heteroatoms. The predicted molar refractivity (Wildman–Crippen MR) is 126 cm³/mol. The van der Waals surface area contributed by atoms with E-state index in [-0.39, 0.29) is 41.8 Å². The van der Waals surface area contributed by atoms with E-state index >= 15 is 0 Å². The molecule has 5 aliphatic rings. The van der Waals surface area contributed by atoms with Crippen molar-refractivity contribution in [2.24, 2.45) is 39.2 Å². The van der Waals surface area contributed by atoms with Gasteiger partial charge in [-0.15, -0.1) is 12.4 Å². The summed E-state index contributed by atoms with van der Waals surface area (Å²) in [7, 11) is 0. The van der Waals surface area contributed by atoms with Crippen molar-refractivity contribution in [3.8, 4) is 0 Å². The lowest BCUT2D eigenvalue weighted by atomic mass is 9.37. The molecule has 4 N–H and O–H groups in total. The van der Waals surface area contributed by atoms with Crippen LogP contribution in [0.25, 0.3) is 0 Å². The molecule has 184 valence electrons. The molecule has 0 aromatic rings. The molecule has 6 nitrogen and oxygen atoms in total. The number of likely N-dealkylation sites (tertiary alicyclic amines) is 1. The average Bonchev–Trinajstić information content (AvgIpc) is 3.34. The number of fused-ring (bicyclic) bond motifs is 5. The van der Waals surface area contributed by atoms with Gasteiger partial charge in [-0.25, -0.2) is 0 Å². The number of hydrogen-bond donors (Lipinski definition) is 4. The van der Waals surface area contributed by atoms with Crippen molar-refractivity contribution in [2.75, 3.05) is 13.1 Å². The van der Waals surface area contributed by atoms with Gasteiger partial charge in [0.05, 0.1) is 17.9 Å². The summed E-state index contributed by atoms with van der Waals surface area (Å²) in [6, 6.07) is 0.0485. The number of aliphatic hydroxyl groups is 3. The zero-order valence-electron chi connectivity index (χ0n) is 20.1. The van der Waals surface area contributed by atoms with Crippen LogP contribution in [0.5, 0.6) is 0 Å². The van der Waals surface area contributed by atoms with E-state index in [0.717, 1.165) is 51.6 Å². The topological polar surface area (TPSA) is 96.5 Å². The fraction of sp³-hybridized carbons (Fsp3) is 0.960. The molecule has 1 heterocycles. The van der Waals surface area contributed by atoms with Crippen molar-refractivity contribution >= 4 is 18.1 Å². The standard InChI is InChI=1S/C25H42N2O4.ClH/c1-22(2)19(27-11-5-6-12-27)14-18(26-31)24(4)17-9-10-23(3)16(7-8-20(23)28)15(17)13-21(29)25(22,24)30;/h15-17,19-21,28-31H,5-14H2,1-4H3;1H/b26-18-;/t15-,16-,17+,19?,20?,21?,23-,24-,25?;/m0./s1. The lowest BCUT2D eigenvalue weighted by molar-refractivity contribution is -0.278. The molecule has 32 heavy (non-hydrogen) atoms. The first kappa shape index (κ1) is 24.7. The Bertz CT molecular complexity index is 771. The second kappa shape index (κ2) is 7.81. The van der Waals surface area contributed by atoms with Crippen molar-refractivity contribution in [1.82, 2.24) is 4.90 Å². The van der Waals surface area contributed by atoms with Crippen molar-refractivity contribution in [3.05, 3.63) is 0 Å². The quantitative estimate of drug-likeness (QED) is 0.347. The Kier molecular flexibility index (Phi) is 6.03. The first-order chi connectivity index (χ1) is 14.5. The molecule has 4 saturated carbocycles. The van der Waals surface area contributed by atoms with Crippen LogP contribution in [0.2, 0.25) is 0 Å². The lowest BCUT2D eigenvalue weighted by Crippen LogP contribution is -2.79. The van der Waals surface area contributed by atoms with Crippen LogP contribution in [0, 0.1) is 34.0 Å². The molecule has 0 radical (unpaired) electrons. The van der Waals surface area contributed by atoms with Crippen molar-refractivity contribution in [1.29, 1.82) is 0 Å². The van der Waals surface area contributed by atoms with E-state index in [1.165, 1.54) is 0 Å². The predicted octanol–water partition coefficient (Wildman–Crippen LogP) is 3.44. The van der Waals surface area contributed by atoms with Crippen LogP contribution in [0.3, 0.4) is 0 Å². The van der Waals surface area contributed by atoms with E-state index in [4.69, 9.17) is 0 Å². The SMILES string of the molecule is CC1(C)C(N2CCCC2)C/C(=N/O)[C@]2(C)[C@@H]3CC[C@]4(C)C(O)CC[C@H]4[C@@H]3CC(O)C12O.Cl.